The van der Waals surface area contributed by atoms with Gasteiger partial charge in [-0.05, 0) is 26.3 Å². The highest BCUT2D eigenvalue weighted by Gasteiger charge is 2.51. The summed E-state index contributed by atoms with van der Waals surface area (Å²) in [6, 6.07) is 0.275. The molecule has 0 aromatic rings. The third kappa shape index (κ3) is 3.84. The lowest BCUT2D eigenvalue weighted by atomic mass is 10.00. The maximum absolute atomic E-state index is 12.7. The number of nitrogens with zero attached hydrogens (tertiary/aromatic N) is 2. The van der Waals surface area contributed by atoms with Crippen LogP contribution >= 0.6 is 0 Å². The van der Waals surface area contributed by atoms with E-state index in [1.807, 2.05) is 0 Å². The van der Waals surface area contributed by atoms with Crippen LogP contribution in [0.3, 0.4) is 0 Å². The third-order valence-electron chi connectivity index (χ3n) is 4.18. The topological polar surface area (TPSA) is 35.9 Å². The quantitative estimate of drug-likeness (QED) is 0.846. The maximum atomic E-state index is 12.7. The molecule has 1 N–H and O–H groups in total. The van der Waals surface area contributed by atoms with Gasteiger partial charge in [0.15, 0.2) is 5.60 Å². The summed E-state index contributed by atoms with van der Waals surface area (Å²) in [4.78, 5) is 4.02. The van der Waals surface area contributed by atoms with Gasteiger partial charge >= 0.3 is 6.18 Å². The standard InChI is InChI=1S/C13H23F3N2O2/c1-12(19,13(14,15)16)10-17-4-2-3-11(9-17)18-5-7-20-8-6-18/h11,19H,2-10H2,1H3/t11-,12+/m0/s1. The van der Waals surface area contributed by atoms with Crippen molar-refractivity contribution in [1.82, 2.24) is 9.80 Å². The van der Waals surface area contributed by atoms with Crippen LogP contribution in [0.15, 0.2) is 0 Å². The van der Waals surface area contributed by atoms with Crippen LogP contribution in [0.1, 0.15) is 19.8 Å². The summed E-state index contributed by atoms with van der Waals surface area (Å²) in [6.45, 7) is 4.78. The molecule has 2 saturated heterocycles. The molecular formula is C13H23F3N2O2. The highest BCUT2D eigenvalue weighted by molar-refractivity contribution is 4.89. The predicted octanol–water partition coefficient (Wildman–Crippen LogP) is 1.10. The van der Waals surface area contributed by atoms with Gasteiger partial charge in [-0.2, -0.15) is 13.2 Å². The number of β-amino-alcohol motifs (C(OH)–C–C–N with tert-alkyl or cyclic N) is 1. The van der Waals surface area contributed by atoms with E-state index in [9.17, 15) is 18.3 Å². The number of piperidine rings is 1. The first kappa shape index (κ1) is 16.0. The number of ether oxygens (including phenoxy) is 1. The summed E-state index contributed by atoms with van der Waals surface area (Å²) < 4.78 is 43.5. The molecule has 0 aliphatic carbocycles. The number of aliphatic hydroxyl groups is 1. The first-order valence-electron chi connectivity index (χ1n) is 7.13. The van der Waals surface area contributed by atoms with Crippen molar-refractivity contribution in [3.8, 4) is 0 Å². The second kappa shape index (κ2) is 6.17. The molecule has 0 saturated carbocycles. The molecule has 7 heteroatoms. The van der Waals surface area contributed by atoms with Crippen LogP contribution in [-0.4, -0.2) is 78.7 Å². The minimum absolute atomic E-state index is 0.275. The van der Waals surface area contributed by atoms with E-state index in [1.165, 1.54) is 0 Å². The molecule has 2 aliphatic heterocycles. The molecule has 0 aromatic heterocycles. The van der Waals surface area contributed by atoms with Crippen molar-refractivity contribution in [1.29, 1.82) is 0 Å². The van der Waals surface area contributed by atoms with Crippen molar-refractivity contribution >= 4 is 0 Å². The number of morpholine rings is 1. The van der Waals surface area contributed by atoms with Crippen LogP contribution in [0, 0.1) is 0 Å². The highest BCUT2D eigenvalue weighted by Crippen LogP contribution is 2.31. The van der Waals surface area contributed by atoms with Gasteiger partial charge in [0.1, 0.15) is 0 Å². The molecular weight excluding hydrogens is 273 g/mol. The van der Waals surface area contributed by atoms with E-state index in [1.54, 1.807) is 4.90 Å². The highest BCUT2D eigenvalue weighted by atomic mass is 19.4. The monoisotopic (exact) mass is 296 g/mol. The van der Waals surface area contributed by atoms with Gasteiger partial charge in [-0.15, -0.1) is 0 Å². The minimum atomic E-state index is -4.58. The molecule has 0 aromatic carbocycles. The lowest BCUT2D eigenvalue weighted by molar-refractivity contribution is -0.258. The zero-order valence-corrected chi connectivity index (χ0v) is 11.8. The van der Waals surface area contributed by atoms with Gasteiger partial charge in [0.05, 0.1) is 13.2 Å². The Morgan fingerprint density at radius 2 is 1.85 bits per heavy atom. The van der Waals surface area contributed by atoms with Gasteiger partial charge < -0.3 is 9.84 Å². The first-order valence-corrected chi connectivity index (χ1v) is 7.13. The van der Waals surface area contributed by atoms with Crippen LogP contribution in [-0.2, 0) is 4.74 Å². The Bertz CT molecular complexity index is 317. The van der Waals surface area contributed by atoms with Crippen LogP contribution in [0.25, 0.3) is 0 Å². The molecule has 20 heavy (non-hydrogen) atoms. The molecule has 0 unspecified atom stereocenters. The Kier molecular flexibility index (Phi) is 4.94. The van der Waals surface area contributed by atoms with Crippen molar-refractivity contribution in [2.45, 2.75) is 37.6 Å². The number of hydrogen-bond donors (Lipinski definition) is 1. The minimum Gasteiger partial charge on any atom is -0.380 e. The Morgan fingerprint density at radius 1 is 1.20 bits per heavy atom. The van der Waals surface area contributed by atoms with E-state index in [2.05, 4.69) is 4.90 Å². The maximum Gasteiger partial charge on any atom is 0.418 e. The SMILES string of the molecule is C[C@@](O)(CN1CCC[C@H](N2CCOCC2)C1)C(F)(F)F. The van der Waals surface area contributed by atoms with Crippen LogP contribution < -0.4 is 0 Å². The van der Waals surface area contributed by atoms with E-state index >= 15 is 0 Å². The normalized spacial score (nSPS) is 30.1. The Balaban J connectivity index is 1.90. The number of alkyl halides is 3. The van der Waals surface area contributed by atoms with Gasteiger partial charge in [0.25, 0.3) is 0 Å². The third-order valence-corrected chi connectivity index (χ3v) is 4.18. The second-order valence-corrected chi connectivity index (χ2v) is 5.95. The summed E-state index contributed by atoms with van der Waals surface area (Å²) in [6.07, 6.45) is -2.71. The van der Waals surface area contributed by atoms with Crippen LogP contribution in [0.2, 0.25) is 0 Å². The Morgan fingerprint density at radius 3 is 2.45 bits per heavy atom. The number of rotatable bonds is 3. The molecule has 0 radical (unpaired) electrons. The van der Waals surface area contributed by atoms with Crippen LogP contribution in [0.5, 0.6) is 0 Å². The van der Waals surface area contributed by atoms with Gasteiger partial charge in [0, 0.05) is 32.2 Å². The van der Waals surface area contributed by atoms with Crippen molar-refractivity contribution in [3.63, 3.8) is 0 Å². The number of likely N-dealkylation sites (tertiary alicyclic amines) is 1. The molecule has 2 rings (SSSR count). The average molecular weight is 296 g/mol. The number of halogens is 3. The summed E-state index contributed by atoms with van der Waals surface area (Å²) in [5.41, 5.74) is -2.64. The Labute approximate surface area is 117 Å². The van der Waals surface area contributed by atoms with Gasteiger partial charge in [-0.3, -0.25) is 9.80 Å². The van der Waals surface area contributed by atoms with E-state index in [0.29, 0.717) is 26.3 Å². The summed E-state index contributed by atoms with van der Waals surface area (Å²) >= 11 is 0. The van der Waals surface area contributed by atoms with Crippen LogP contribution in [0.4, 0.5) is 13.2 Å². The largest absolute Gasteiger partial charge is 0.418 e. The van der Waals surface area contributed by atoms with Crippen molar-refractivity contribution in [3.05, 3.63) is 0 Å². The fourth-order valence-corrected chi connectivity index (χ4v) is 2.94. The van der Waals surface area contributed by atoms with Crippen molar-refractivity contribution in [2.24, 2.45) is 0 Å². The number of hydrogen-bond acceptors (Lipinski definition) is 4. The van der Waals surface area contributed by atoms with E-state index < -0.39 is 11.8 Å². The van der Waals surface area contributed by atoms with Crippen molar-refractivity contribution < 1.29 is 23.0 Å². The molecule has 118 valence electrons. The molecule has 0 spiro atoms. The van der Waals surface area contributed by atoms with E-state index in [4.69, 9.17) is 4.74 Å². The van der Waals surface area contributed by atoms with E-state index in [-0.39, 0.29) is 12.6 Å². The molecule has 4 nitrogen and oxygen atoms in total. The van der Waals surface area contributed by atoms with Gasteiger partial charge in [-0.1, -0.05) is 0 Å². The zero-order valence-electron chi connectivity index (χ0n) is 11.8. The summed E-state index contributed by atoms with van der Waals surface area (Å²) in [5.74, 6) is 0. The molecule has 2 atom stereocenters. The zero-order chi connectivity index (χ0) is 14.8. The first-order chi connectivity index (χ1) is 9.29. The Hall–Kier alpha value is -0.370. The molecule has 0 amide bonds. The van der Waals surface area contributed by atoms with E-state index in [0.717, 1.165) is 32.9 Å². The fourth-order valence-electron chi connectivity index (χ4n) is 2.94. The summed E-state index contributed by atoms with van der Waals surface area (Å²) in [5, 5.41) is 9.60. The van der Waals surface area contributed by atoms with Gasteiger partial charge in [0.2, 0.25) is 0 Å². The molecule has 2 aliphatic rings. The predicted molar refractivity (Wildman–Crippen MR) is 68.5 cm³/mol. The summed E-state index contributed by atoms with van der Waals surface area (Å²) in [7, 11) is 0. The van der Waals surface area contributed by atoms with Gasteiger partial charge in [-0.25, -0.2) is 0 Å². The molecule has 0 bridgehead atoms. The second-order valence-electron chi connectivity index (χ2n) is 5.95. The molecule has 2 fully saturated rings. The lowest BCUT2D eigenvalue weighted by Crippen LogP contribution is -2.57. The lowest BCUT2D eigenvalue weighted by Gasteiger charge is -2.42. The van der Waals surface area contributed by atoms with Crippen molar-refractivity contribution in [2.75, 3.05) is 45.9 Å². The average Bonchev–Trinajstić information content (AvgIpc) is 2.38. The smallest absolute Gasteiger partial charge is 0.380 e. The molecule has 2 heterocycles. The fraction of sp³-hybridized carbons (Fsp3) is 1.00.